The maximum atomic E-state index is 12.3. The van der Waals surface area contributed by atoms with Gasteiger partial charge in [-0.3, -0.25) is 0 Å². The summed E-state index contributed by atoms with van der Waals surface area (Å²) in [6.45, 7) is 7.31. The second kappa shape index (κ2) is 8.94. The fourth-order valence-corrected chi connectivity index (χ4v) is 3.47. The zero-order chi connectivity index (χ0) is 17.5. The van der Waals surface area contributed by atoms with Crippen molar-refractivity contribution < 1.29 is 14.3 Å². The lowest BCUT2D eigenvalue weighted by atomic mass is 10.2. The SMILES string of the molecule is CCOc1ccccc1N1CCN(C(=O)NCCC2CCCO2)CC1. The summed E-state index contributed by atoms with van der Waals surface area (Å²) >= 11 is 0. The topological polar surface area (TPSA) is 54.0 Å². The summed E-state index contributed by atoms with van der Waals surface area (Å²) in [6.07, 6.45) is 3.50. The molecule has 0 radical (unpaired) electrons. The van der Waals surface area contributed by atoms with E-state index < -0.39 is 0 Å². The molecule has 2 aliphatic rings. The van der Waals surface area contributed by atoms with Gasteiger partial charge in [0.15, 0.2) is 0 Å². The number of ether oxygens (including phenoxy) is 2. The van der Waals surface area contributed by atoms with Gasteiger partial charge in [0.05, 0.1) is 18.4 Å². The van der Waals surface area contributed by atoms with E-state index in [1.807, 2.05) is 30.0 Å². The van der Waals surface area contributed by atoms with Crippen molar-refractivity contribution in [2.45, 2.75) is 32.3 Å². The molecule has 0 aromatic heterocycles. The monoisotopic (exact) mass is 347 g/mol. The summed E-state index contributed by atoms with van der Waals surface area (Å²) in [5.74, 6) is 0.916. The third kappa shape index (κ3) is 4.78. The molecule has 0 spiro atoms. The summed E-state index contributed by atoms with van der Waals surface area (Å²) in [4.78, 5) is 16.5. The van der Waals surface area contributed by atoms with Crippen LogP contribution in [0.25, 0.3) is 0 Å². The number of rotatable bonds is 6. The van der Waals surface area contributed by atoms with Crippen LogP contribution in [-0.4, -0.2) is 63.0 Å². The van der Waals surface area contributed by atoms with Crippen LogP contribution in [0.1, 0.15) is 26.2 Å². The molecule has 1 atom stereocenters. The number of nitrogens with one attached hydrogen (secondary N) is 1. The van der Waals surface area contributed by atoms with E-state index in [4.69, 9.17) is 9.47 Å². The fraction of sp³-hybridized carbons (Fsp3) is 0.632. The largest absolute Gasteiger partial charge is 0.492 e. The van der Waals surface area contributed by atoms with E-state index in [1.54, 1.807) is 0 Å². The average Bonchev–Trinajstić information content (AvgIpc) is 3.16. The first-order chi connectivity index (χ1) is 12.3. The quantitative estimate of drug-likeness (QED) is 0.859. The van der Waals surface area contributed by atoms with Gasteiger partial charge in [0.1, 0.15) is 5.75 Å². The van der Waals surface area contributed by atoms with Crippen LogP contribution in [0.2, 0.25) is 0 Å². The Kier molecular flexibility index (Phi) is 6.39. The highest BCUT2D eigenvalue weighted by Gasteiger charge is 2.23. The van der Waals surface area contributed by atoms with Gasteiger partial charge >= 0.3 is 6.03 Å². The molecule has 138 valence electrons. The molecule has 1 aromatic rings. The first kappa shape index (κ1) is 17.9. The van der Waals surface area contributed by atoms with Crippen LogP contribution in [0.3, 0.4) is 0 Å². The molecule has 2 fully saturated rings. The minimum absolute atomic E-state index is 0.0377. The molecular weight excluding hydrogens is 318 g/mol. The number of urea groups is 1. The minimum Gasteiger partial charge on any atom is -0.492 e. The smallest absolute Gasteiger partial charge is 0.317 e. The molecule has 2 amide bonds. The molecule has 25 heavy (non-hydrogen) atoms. The Labute approximate surface area is 150 Å². The minimum atomic E-state index is 0.0377. The van der Waals surface area contributed by atoms with E-state index in [-0.39, 0.29) is 6.03 Å². The number of carbonyl (C=O) groups is 1. The predicted octanol–water partition coefficient (Wildman–Crippen LogP) is 2.49. The van der Waals surface area contributed by atoms with E-state index in [9.17, 15) is 4.79 Å². The second-order valence-corrected chi connectivity index (χ2v) is 6.53. The molecular formula is C19H29N3O3. The lowest BCUT2D eigenvalue weighted by Gasteiger charge is -2.36. The highest BCUT2D eigenvalue weighted by Crippen LogP contribution is 2.28. The first-order valence-corrected chi connectivity index (χ1v) is 9.39. The van der Waals surface area contributed by atoms with E-state index >= 15 is 0 Å². The van der Waals surface area contributed by atoms with Gasteiger partial charge in [-0.15, -0.1) is 0 Å². The molecule has 6 nitrogen and oxygen atoms in total. The van der Waals surface area contributed by atoms with E-state index in [0.29, 0.717) is 19.3 Å². The molecule has 2 aliphatic heterocycles. The van der Waals surface area contributed by atoms with Gasteiger partial charge in [-0.05, 0) is 38.3 Å². The van der Waals surface area contributed by atoms with Gasteiger partial charge in [-0.2, -0.15) is 0 Å². The number of nitrogens with zero attached hydrogens (tertiary/aromatic N) is 2. The third-order valence-electron chi connectivity index (χ3n) is 4.84. The van der Waals surface area contributed by atoms with Gasteiger partial charge in [0.2, 0.25) is 0 Å². The molecule has 1 aromatic carbocycles. The van der Waals surface area contributed by atoms with Crippen molar-refractivity contribution >= 4 is 11.7 Å². The van der Waals surface area contributed by atoms with Crippen LogP contribution < -0.4 is 15.0 Å². The molecule has 0 saturated carbocycles. The molecule has 2 heterocycles. The lowest BCUT2D eigenvalue weighted by Crippen LogP contribution is -2.52. The van der Waals surface area contributed by atoms with Gasteiger partial charge in [0, 0.05) is 39.3 Å². The number of carbonyl (C=O) groups excluding carboxylic acids is 1. The lowest BCUT2D eigenvalue weighted by molar-refractivity contribution is 0.104. The Morgan fingerprint density at radius 1 is 1.28 bits per heavy atom. The Morgan fingerprint density at radius 3 is 2.80 bits per heavy atom. The van der Waals surface area contributed by atoms with Gasteiger partial charge in [-0.25, -0.2) is 4.79 Å². The molecule has 6 heteroatoms. The number of piperazine rings is 1. The van der Waals surface area contributed by atoms with Crippen molar-refractivity contribution in [2.24, 2.45) is 0 Å². The number of para-hydroxylation sites is 2. The van der Waals surface area contributed by atoms with Gasteiger partial charge in [-0.1, -0.05) is 12.1 Å². The standard InChI is InChI=1S/C19H29N3O3/c1-2-24-18-8-4-3-7-17(18)21-11-13-22(14-12-21)19(23)20-10-9-16-6-5-15-25-16/h3-4,7-8,16H,2,5-6,9-15H2,1H3,(H,20,23). The molecule has 2 saturated heterocycles. The van der Waals surface area contributed by atoms with Gasteiger partial charge in [0.25, 0.3) is 0 Å². The van der Waals surface area contributed by atoms with Gasteiger partial charge < -0.3 is 24.6 Å². The number of anilines is 1. The molecule has 1 N–H and O–H groups in total. The Morgan fingerprint density at radius 2 is 2.08 bits per heavy atom. The molecule has 3 rings (SSSR count). The van der Waals surface area contributed by atoms with Crippen LogP contribution in [0.15, 0.2) is 24.3 Å². The summed E-state index contributed by atoms with van der Waals surface area (Å²) < 4.78 is 11.3. The maximum Gasteiger partial charge on any atom is 0.317 e. The van der Waals surface area contributed by atoms with E-state index in [1.165, 1.54) is 0 Å². The Balaban J connectivity index is 1.44. The number of benzene rings is 1. The van der Waals surface area contributed by atoms with Crippen LogP contribution in [0.5, 0.6) is 5.75 Å². The Hall–Kier alpha value is -1.95. The zero-order valence-electron chi connectivity index (χ0n) is 15.1. The van der Waals surface area contributed by atoms with Crippen LogP contribution >= 0.6 is 0 Å². The molecule has 1 unspecified atom stereocenters. The number of hydrogen-bond donors (Lipinski definition) is 1. The van der Waals surface area contributed by atoms with E-state index in [2.05, 4.69) is 16.3 Å². The van der Waals surface area contributed by atoms with Crippen molar-refractivity contribution in [3.63, 3.8) is 0 Å². The summed E-state index contributed by atoms with van der Waals surface area (Å²) in [6, 6.07) is 8.15. The van der Waals surface area contributed by atoms with Crippen molar-refractivity contribution in [2.75, 3.05) is 50.8 Å². The summed E-state index contributed by atoms with van der Waals surface area (Å²) in [5.41, 5.74) is 1.11. The Bertz CT molecular complexity index is 553. The second-order valence-electron chi connectivity index (χ2n) is 6.53. The van der Waals surface area contributed by atoms with Crippen molar-refractivity contribution in [3.05, 3.63) is 24.3 Å². The normalized spacial score (nSPS) is 20.6. The third-order valence-corrected chi connectivity index (χ3v) is 4.84. The van der Waals surface area contributed by atoms with Crippen molar-refractivity contribution in [3.8, 4) is 5.75 Å². The van der Waals surface area contributed by atoms with Crippen LogP contribution in [-0.2, 0) is 4.74 Å². The predicted molar refractivity (Wildman–Crippen MR) is 98.4 cm³/mol. The van der Waals surface area contributed by atoms with Crippen molar-refractivity contribution in [1.82, 2.24) is 10.2 Å². The van der Waals surface area contributed by atoms with Crippen molar-refractivity contribution in [1.29, 1.82) is 0 Å². The zero-order valence-corrected chi connectivity index (χ0v) is 15.1. The number of hydrogen-bond acceptors (Lipinski definition) is 4. The fourth-order valence-electron chi connectivity index (χ4n) is 3.47. The van der Waals surface area contributed by atoms with E-state index in [0.717, 1.165) is 63.5 Å². The summed E-state index contributed by atoms with van der Waals surface area (Å²) in [7, 11) is 0. The highest BCUT2D eigenvalue weighted by molar-refractivity contribution is 5.74. The first-order valence-electron chi connectivity index (χ1n) is 9.39. The maximum absolute atomic E-state index is 12.3. The number of amides is 2. The highest BCUT2D eigenvalue weighted by atomic mass is 16.5. The average molecular weight is 347 g/mol. The molecule has 0 aliphatic carbocycles. The summed E-state index contributed by atoms with van der Waals surface area (Å²) in [5, 5.41) is 3.03. The van der Waals surface area contributed by atoms with Crippen LogP contribution in [0, 0.1) is 0 Å². The van der Waals surface area contributed by atoms with Crippen LogP contribution in [0.4, 0.5) is 10.5 Å². The molecule has 0 bridgehead atoms.